The Hall–Kier alpha value is -2.14. The molecule has 0 aliphatic carbocycles. The van der Waals surface area contributed by atoms with E-state index < -0.39 is 0 Å². The number of rotatable bonds is 3. The van der Waals surface area contributed by atoms with Crippen LogP contribution in [0, 0.1) is 5.41 Å². The first-order valence-electron chi connectivity index (χ1n) is 8.93. The van der Waals surface area contributed by atoms with E-state index in [1.807, 2.05) is 18.0 Å². The fraction of sp³-hybridized carbons (Fsp3) is 0.450. The molecule has 1 saturated heterocycles. The van der Waals surface area contributed by atoms with Crippen LogP contribution in [-0.2, 0) is 13.5 Å². The standard InChI is InChI=1S/C20H23ClN2O3/c1-20(10-14-4-5-17-18(8-14)26-13-25-17)6-3-7-23(12-20)19(24)16-9-15(21)11-22(16)2/h4-5,8-9,11H,3,6-7,10,12-13H2,1-2H3/t20-/m1/s1. The van der Waals surface area contributed by atoms with Crippen molar-refractivity contribution in [3.05, 3.63) is 46.7 Å². The molecule has 1 fully saturated rings. The number of piperidine rings is 1. The van der Waals surface area contributed by atoms with Gasteiger partial charge in [0.2, 0.25) is 6.79 Å². The summed E-state index contributed by atoms with van der Waals surface area (Å²) in [6, 6.07) is 7.87. The Balaban J connectivity index is 1.50. The van der Waals surface area contributed by atoms with E-state index in [-0.39, 0.29) is 18.1 Å². The first kappa shape index (κ1) is 17.3. The third kappa shape index (κ3) is 3.28. The summed E-state index contributed by atoms with van der Waals surface area (Å²) in [5.74, 6) is 1.67. The molecular weight excluding hydrogens is 352 g/mol. The summed E-state index contributed by atoms with van der Waals surface area (Å²) in [6.45, 7) is 4.08. The van der Waals surface area contributed by atoms with Gasteiger partial charge in [-0.15, -0.1) is 0 Å². The number of hydrogen-bond donors (Lipinski definition) is 0. The molecule has 2 aliphatic rings. The molecule has 6 heteroatoms. The maximum atomic E-state index is 12.9. The minimum absolute atomic E-state index is 0.0383. The Morgan fingerprint density at radius 2 is 2.08 bits per heavy atom. The predicted molar refractivity (Wildman–Crippen MR) is 99.9 cm³/mol. The average Bonchev–Trinajstić information content (AvgIpc) is 3.19. The van der Waals surface area contributed by atoms with Gasteiger partial charge in [0.1, 0.15) is 5.69 Å². The van der Waals surface area contributed by atoms with E-state index >= 15 is 0 Å². The molecule has 0 saturated carbocycles. The molecule has 1 aromatic carbocycles. The molecule has 138 valence electrons. The Kier molecular flexibility index (Phi) is 4.35. The van der Waals surface area contributed by atoms with Gasteiger partial charge in [0.15, 0.2) is 11.5 Å². The van der Waals surface area contributed by atoms with Crippen molar-refractivity contribution >= 4 is 17.5 Å². The van der Waals surface area contributed by atoms with Crippen LogP contribution in [0.15, 0.2) is 30.5 Å². The van der Waals surface area contributed by atoms with E-state index in [0.29, 0.717) is 10.7 Å². The SMILES string of the molecule is Cn1cc(Cl)cc1C(=O)N1CCC[C@](C)(Cc2ccc3c(c2)OCO3)C1. The number of likely N-dealkylation sites (tertiary alicyclic amines) is 1. The fourth-order valence-corrected chi connectivity index (χ4v) is 4.33. The number of ether oxygens (including phenoxy) is 2. The molecule has 0 bridgehead atoms. The summed E-state index contributed by atoms with van der Waals surface area (Å²) in [4.78, 5) is 14.9. The summed E-state index contributed by atoms with van der Waals surface area (Å²) < 4.78 is 12.7. The molecule has 0 N–H and O–H groups in total. The summed E-state index contributed by atoms with van der Waals surface area (Å²) >= 11 is 6.04. The molecule has 1 aromatic heterocycles. The highest BCUT2D eigenvalue weighted by atomic mass is 35.5. The molecule has 1 atom stereocenters. The van der Waals surface area contributed by atoms with Crippen LogP contribution in [0.2, 0.25) is 5.02 Å². The highest BCUT2D eigenvalue weighted by Crippen LogP contribution is 2.38. The highest BCUT2D eigenvalue weighted by Gasteiger charge is 2.34. The van der Waals surface area contributed by atoms with Crippen LogP contribution in [-0.4, -0.2) is 35.3 Å². The molecule has 0 unspecified atom stereocenters. The van der Waals surface area contributed by atoms with Crippen molar-refractivity contribution in [1.82, 2.24) is 9.47 Å². The van der Waals surface area contributed by atoms with Crippen molar-refractivity contribution in [2.45, 2.75) is 26.2 Å². The Morgan fingerprint density at radius 3 is 2.85 bits per heavy atom. The second-order valence-corrected chi connectivity index (χ2v) is 8.10. The number of nitrogens with zero attached hydrogens (tertiary/aromatic N) is 2. The molecule has 1 amide bonds. The maximum absolute atomic E-state index is 12.9. The topological polar surface area (TPSA) is 43.7 Å². The van der Waals surface area contributed by atoms with Gasteiger partial charge >= 0.3 is 0 Å². The van der Waals surface area contributed by atoms with Crippen molar-refractivity contribution < 1.29 is 14.3 Å². The molecule has 0 spiro atoms. The molecule has 0 radical (unpaired) electrons. The number of benzene rings is 1. The van der Waals surface area contributed by atoms with Gasteiger partial charge in [0.25, 0.3) is 5.91 Å². The zero-order valence-electron chi connectivity index (χ0n) is 15.1. The number of amides is 1. The van der Waals surface area contributed by atoms with Crippen molar-refractivity contribution in [3.8, 4) is 11.5 Å². The van der Waals surface area contributed by atoms with E-state index in [9.17, 15) is 4.79 Å². The average molecular weight is 375 g/mol. The lowest BCUT2D eigenvalue weighted by atomic mass is 9.77. The van der Waals surface area contributed by atoms with E-state index in [0.717, 1.165) is 43.9 Å². The largest absolute Gasteiger partial charge is 0.454 e. The molecule has 2 aromatic rings. The van der Waals surface area contributed by atoms with Crippen LogP contribution >= 0.6 is 11.6 Å². The van der Waals surface area contributed by atoms with Gasteiger partial charge in [-0.2, -0.15) is 0 Å². The maximum Gasteiger partial charge on any atom is 0.270 e. The van der Waals surface area contributed by atoms with E-state index in [1.54, 1.807) is 16.8 Å². The third-order valence-corrected chi connectivity index (χ3v) is 5.53. The lowest BCUT2D eigenvalue weighted by Crippen LogP contribution is -2.46. The summed E-state index contributed by atoms with van der Waals surface area (Å²) in [6.07, 6.45) is 4.77. The van der Waals surface area contributed by atoms with Crippen molar-refractivity contribution in [3.63, 3.8) is 0 Å². The number of hydrogen-bond acceptors (Lipinski definition) is 3. The van der Waals surface area contributed by atoms with Crippen LogP contribution in [0.4, 0.5) is 0 Å². The minimum Gasteiger partial charge on any atom is -0.454 e. The summed E-state index contributed by atoms with van der Waals surface area (Å²) in [7, 11) is 1.86. The van der Waals surface area contributed by atoms with E-state index in [1.165, 1.54) is 5.56 Å². The quantitative estimate of drug-likeness (QED) is 0.818. The summed E-state index contributed by atoms with van der Waals surface area (Å²) in [5, 5.41) is 0.594. The lowest BCUT2D eigenvalue weighted by Gasteiger charge is -2.40. The van der Waals surface area contributed by atoms with Crippen LogP contribution in [0.1, 0.15) is 35.8 Å². The number of halogens is 1. The predicted octanol–water partition coefficient (Wildman–Crippen LogP) is 3.89. The van der Waals surface area contributed by atoms with Crippen LogP contribution in [0.25, 0.3) is 0 Å². The van der Waals surface area contributed by atoms with Gasteiger partial charge in [-0.1, -0.05) is 24.6 Å². The van der Waals surface area contributed by atoms with E-state index in [4.69, 9.17) is 21.1 Å². The zero-order valence-corrected chi connectivity index (χ0v) is 15.9. The number of aromatic nitrogens is 1. The smallest absolute Gasteiger partial charge is 0.270 e. The van der Waals surface area contributed by atoms with Crippen molar-refractivity contribution in [1.29, 1.82) is 0 Å². The van der Waals surface area contributed by atoms with Crippen LogP contribution in [0.5, 0.6) is 11.5 Å². The minimum atomic E-state index is 0.0383. The normalized spacial score (nSPS) is 21.9. The van der Waals surface area contributed by atoms with Crippen LogP contribution in [0.3, 0.4) is 0 Å². The molecule has 4 rings (SSSR count). The highest BCUT2D eigenvalue weighted by molar-refractivity contribution is 6.31. The molecule has 26 heavy (non-hydrogen) atoms. The van der Waals surface area contributed by atoms with Gasteiger partial charge < -0.3 is 18.9 Å². The van der Waals surface area contributed by atoms with Crippen molar-refractivity contribution in [2.75, 3.05) is 19.9 Å². The third-order valence-electron chi connectivity index (χ3n) is 5.33. The number of carbonyl (C=O) groups is 1. The Bertz CT molecular complexity index is 848. The Labute approximate surface area is 158 Å². The fourth-order valence-electron chi connectivity index (χ4n) is 4.08. The van der Waals surface area contributed by atoms with Gasteiger partial charge in [0.05, 0.1) is 5.02 Å². The number of aryl methyl sites for hydroxylation is 1. The van der Waals surface area contributed by atoms with Crippen molar-refractivity contribution in [2.24, 2.45) is 12.5 Å². The second-order valence-electron chi connectivity index (χ2n) is 7.66. The first-order chi connectivity index (χ1) is 12.4. The van der Waals surface area contributed by atoms with Gasteiger partial charge in [0, 0.05) is 26.3 Å². The van der Waals surface area contributed by atoms with E-state index in [2.05, 4.69) is 19.1 Å². The van der Waals surface area contributed by atoms with Gasteiger partial charge in [-0.3, -0.25) is 4.79 Å². The molecule has 3 heterocycles. The number of carbonyl (C=O) groups excluding carboxylic acids is 1. The molecule has 5 nitrogen and oxygen atoms in total. The Morgan fingerprint density at radius 1 is 1.27 bits per heavy atom. The number of fused-ring (bicyclic) bond motifs is 1. The van der Waals surface area contributed by atoms with Gasteiger partial charge in [-0.25, -0.2) is 0 Å². The molecular formula is C20H23ClN2O3. The van der Waals surface area contributed by atoms with Gasteiger partial charge in [-0.05, 0) is 48.4 Å². The molecule has 2 aliphatic heterocycles. The van der Waals surface area contributed by atoms with Crippen LogP contribution < -0.4 is 9.47 Å². The lowest BCUT2D eigenvalue weighted by molar-refractivity contribution is 0.0541. The second kappa shape index (κ2) is 6.54. The monoisotopic (exact) mass is 374 g/mol. The zero-order chi connectivity index (χ0) is 18.3. The first-order valence-corrected chi connectivity index (χ1v) is 9.31. The summed E-state index contributed by atoms with van der Waals surface area (Å²) in [5.41, 5.74) is 1.90.